The van der Waals surface area contributed by atoms with E-state index in [9.17, 15) is 19.2 Å². The van der Waals surface area contributed by atoms with Crippen molar-refractivity contribution >= 4 is 11.9 Å². The molecule has 1 saturated heterocycles. The van der Waals surface area contributed by atoms with Crippen molar-refractivity contribution < 1.29 is 28.5 Å². The number of esters is 2. The molecule has 2 heterocycles. The number of aryl methyl sites for hydroxylation is 2. The molecule has 0 unspecified atom stereocenters. The monoisotopic (exact) mass is 518 g/mol. The highest BCUT2D eigenvalue weighted by atomic mass is 16.6. The summed E-state index contributed by atoms with van der Waals surface area (Å²) >= 11 is 0. The van der Waals surface area contributed by atoms with Gasteiger partial charge in [0.2, 0.25) is 11.4 Å². The van der Waals surface area contributed by atoms with E-state index in [0.717, 1.165) is 15.7 Å². The molecule has 196 valence electrons. The van der Waals surface area contributed by atoms with Crippen LogP contribution in [0.1, 0.15) is 44.5 Å². The number of hydrogen-bond acceptors (Lipinski definition) is 8. The average Bonchev–Trinajstić information content (AvgIpc) is 3.26. The molecule has 1 N–H and O–H groups in total. The number of carbonyl (C=O) groups excluding carboxylic acids is 2. The minimum atomic E-state index is -1.73. The molecule has 1 aliphatic heterocycles. The Morgan fingerprint density at radius 1 is 1.05 bits per heavy atom. The van der Waals surface area contributed by atoms with Gasteiger partial charge >= 0.3 is 17.6 Å². The van der Waals surface area contributed by atoms with Gasteiger partial charge in [0, 0.05) is 6.42 Å². The fourth-order valence-corrected chi connectivity index (χ4v) is 4.01. The number of aromatic amines is 1. The zero-order valence-electron chi connectivity index (χ0n) is 21.1. The van der Waals surface area contributed by atoms with Gasteiger partial charge in [-0.15, -0.1) is 6.42 Å². The summed E-state index contributed by atoms with van der Waals surface area (Å²) in [5.41, 5.74) is -0.727. The van der Waals surface area contributed by atoms with Gasteiger partial charge in [-0.05, 0) is 38.1 Å². The number of ether oxygens (including phenoxy) is 4. The fraction of sp³-hybridized carbons (Fsp3) is 0.286. The third-order valence-corrected chi connectivity index (χ3v) is 6.23. The molecule has 1 aliphatic rings. The molecule has 4 rings (SSSR count). The topological polar surface area (TPSA) is 126 Å². The molecule has 3 aromatic rings. The minimum Gasteiger partial charge on any atom is -0.490 e. The lowest BCUT2D eigenvalue weighted by molar-refractivity contribution is -0.0985. The van der Waals surface area contributed by atoms with Crippen LogP contribution in [0.2, 0.25) is 0 Å². The molecule has 1 fully saturated rings. The van der Waals surface area contributed by atoms with Crippen molar-refractivity contribution in [2.24, 2.45) is 0 Å². The van der Waals surface area contributed by atoms with E-state index in [1.165, 1.54) is 13.3 Å². The maximum Gasteiger partial charge on any atom is 0.338 e. The van der Waals surface area contributed by atoms with Gasteiger partial charge in [-0.25, -0.2) is 14.4 Å². The molecule has 10 heteroatoms. The van der Waals surface area contributed by atoms with Crippen molar-refractivity contribution in [2.45, 2.75) is 38.2 Å². The van der Waals surface area contributed by atoms with Gasteiger partial charge in [0.15, 0.2) is 6.10 Å². The molecule has 0 amide bonds. The number of benzene rings is 2. The van der Waals surface area contributed by atoms with Gasteiger partial charge in [0.1, 0.15) is 12.8 Å². The van der Waals surface area contributed by atoms with E-state index in [2.05, 4.69) is 10.9 Å². The second-order valence-electron chi connectivity index (χ2n) is 8.91. The van der Waals surface area contributed by atoms with Crippen LogP contribution in [0.15, 0.2) is 64.3 Å². The summed E-state index contributed by atoms with van der Waals surface area (Å²) in [7, 11) is 1.28. The number of hydrogen-bond donors (Lipinski definition) is 1. The molecule has 2 aromatic carbocycles. The molecule has 10 nitrogen and oxygen atoms in total. The number of rotatable bonds is 7. The van der Waals surface area contributed by atoms with E-state index < -0.39 is 47.7 Å². The Morgan fingerprint density at radius 2 is 1.63 bits per heavy atom. The average molecular weight is 519 g/mol. The zero-order valence-corrected chi connectivity index (χ0v) is 21.1. The highest BCUT2D eigenvalue weighted by Gasteiger charge is 2.52. The van der Waals surface area contributed by atoms with E-state index in [0.29, 0.717) is 5.56 Å². The number of H-pyrrole nitrogens is 1. The van der Waals surface area contributed by atoms with E-state index in [1.54, 1.807) is 48.5 Å². The van der Waals surface area contributed by atoms with Crippen LogP contribution in [0.3, 0.4) is 0 Å². The Morgan fingerprint density at radius 3 is 2.18 bits per heavy atom. The third kappa shape index (κ3) is 5.38. The molecular formula is C28H26N2O8. The highest BCUT2D eigenvalue weighted by molar-refractivity contribution is 5.90. The van der Waals surface area contributed by atoms with Crippen molar-refractivity contribution in [3.8, 4) is 18.1 Å². The van der Waals surface area contributed by atoms with Gasteiger partial charge in [-0.1, -0.05) is 41.3 Å². The van der Waals surface area contributed by atoms with Crippen molar-refractivity contribution in [3.05, 3.63) is 97.8 Å². The van der Waals surface area contributed by atoms with Crippen molar-refractivity contribution in [1.82, 2.24) is 9.55 Å². The van der Waals surface area contributed by atoms with E-state index in [-0.39, 0.29) is 17.7 Å². The van der Waals surface area contributed by atoms with Gasteiger partial charge in [-0.3, -0.25) is 14.3 Å². The fourth-order valence-electron chi connectivity index (χ4n) is 4.01. The van der Waals surface area contributed by atoms with Crippen LogP contribution < -0.4 is 16.0 Å². The molecule has 0 aliphatic carbocycles. The normalized spacial score (nSPS) is 20.4. The Bertz CT molecular complexity index is 1500. The van der Waals surface area contributed by atoms with Crippen LogP contribution in [0.25, 0.3) is 0 Å². The molecule has 0 saturated carbocycles. The van der Waals surface area contributed by atoms with Crippen LogP contribution in [0, 0.1) is 26.2 Å². The lowest BCUT2D eigenvalue weighted by atomic mass is 9.98. The van der Waals surface area contributed by atoms with Gasteiger partial charge < -0.3 is 18.9 Å². The molecule has 1 aromatic heterocycles. The first-order valence-electron chi connectivity index (χ1n) is 11.7. The van der Waals surface area contributed by atoms with E-state index in [4.69, 9.17) is 25.4 Å². The van der Waals surface area contributed by atoms with Crippen molar-refractivity contribution in [3.63, 3.8) is 0 Å². The summed E-state index contributed by atoms with van der Waals surface area (Å²) in [4.78, 5) is 52.4. The van der Waals surface area contributed by atoms with Gasteiger partial charge in [0.05, 0.1) is 24.4 Å². The Labute approximate surface area is 218 Å². The Balaban J connectivity index is 1.65. The number of methoxy groups -OCH3 is 1. The number of terminal acetylenes is 1. The number of aromatic nitrogens is 2. The maximum absolute atomic E-state index is 13.0. The van der Waals surface area contributed by atoms with Crippen LogP contribution in [-0.4, -0.2) is 46.9 Å². The maximum atomic E-state index is 13.0. The lowest BCUT2D eigenvalue weighted by Crippen LogP contribution is -2.45. The summed E-state index contributed by atoms with van der Waals surface area (Å²) in [5, 5.41) is 0. The SMILES string of the molecule is C#C[C@]1(COC(=O)c2ccc(C)cc2)O[C@@H](n2cc(OC)c(=O)[nH]c2=O)C[C@@H]1OC(=O)c1ccc(C)cc1. The summed E-state index contributed by atoms with van der Waals surface area (Å²) < 4.78 is 23.4. The third-order valence-electron chi connectivity index (χ3n) is 6.23. The molecule has 0 spiro atoms. The smallest absolute Gasteiger partial charge is 0.338 e. The molecule has 3 atom stereocenters. The van der Waals surface area contributed by atoms with Crippen LogP contribution in [-0.2, 0) is 14.2 Å². The summed E-state index contributed by atoms with van der Waals surface area (Å²) in [6.07, 6.45) is 4.79. The minimum absolute atomic E-state index is 0.0704. The Kier molecular flexibility index (Phi) is 7.50. The van der Waals surface area contributed by atoms with Gasteiger partial charge in [-0.2, -0.15) is 0 Å². The highest BCUT2D eigenvalue weighted by Crippen LogP contribution is 2.39. The molecule has 0 radical (unpaired) electrons. The molecular weight excluding hydrogens is 492 g/mol. The second-order valence-corrected chi connectivity index (χ2v) is 8.91. The molecule has 0 bridgehead atoms. The van der Waals surface area contributed by atoms with E-state index in [1.807, 2.05) is 13.8 Å². The van der Waals surface area contributed by atoms with E-state index >= 15 is 0 Å². The standard InChI is InChI=1S/C28H26N2O8/c1-5-28(16-36-25(32)19-10-6-17(2)7-11-19)22(37-26(33)20-12-8-18(3)9-13-20)14-23(38-28)30-15-21(35-4)24(31)29-27(30)34/h1,6-13,15,22-23H,14,16H2,2-4H3,(H,29,31,34)/t22-,23+,28+/m0/s1. The summed E-state index contributed by atoms with van der Waals surface area (Å²) in [6, 6.07) is 13.5. The quantitative estimate of drug-likeness (QED) is 0.374. The first kappa shape index (κ1) is 26.4. The van der Waals surface area contributed by atoms with Crippen LogP contribution >= 0.6 is 0 Å². The van der Waals surface area contributed by atoms with Gasteiger partial charge in [0.25, 0.3) is 5.56 Å². The number of nitrogens with one attached hydrogen (secondary N) is 1. The first-order valence-corrected chi connectivity index (χ1v) is 11.7. The summed E-state index contributed by atoms with van der Waals surface area (Å²) in [5.74, 6) is 1.01. The van der Waals surface area contributed by atoms with Crippen LogP contribution in [0.5, 0.6) is 5.75 Å². The predicted molar refractivity (Wildman–Crippen MR) is 136 cm³/mol. The van der Waals surface area contributed by atoms with Crippen molar-refractivity contribution in [2.75, 3.05) is 13.7 Å². The van der Waals surface area contributed by atoms with Crippen molar-refractivity contribution in [1.29, 1.82) is 0 Å². The lowest BCUT2D eigenvalue weighted by Gasteiger charge is -2.28. The largest absolute Gasteiger partial charge is 0.490 e. The molecule has 38 heavy (non-hydrogen) atoms. The zero-order chi connectivity index (χ0) is 27.4. The number of nitrogens with zero attached hydrogens (tertiary/aromatic N) is 1. The summed E-state index contributed by atoms with van der Waals surface area (Å²) in [6.45, 7) is 3.30. The Hall–Kier alpha value is -4.62. The number of carbonyl (C=O) groups is 2. The first-order chi connectivity index (χ1) is 18.2. The second kappa shape index (κ2) is 10.8. The predicted octanol–water partition coefficient (Wildman–Crippen LogP) is 2.54. The van der Waals surface area contributed by atoms with Crippen LogP contribution in [0.4, 0.5) is 0 Å².